The van der Waals surface area contributed by atoms with Gasteiger partial charge in [0.05, 0.1) is 23.7 Å². The van der Waals surface area contributed by atoms with Crippen LogP contribution in [0.4, 0.5) is 0 Å². The van der Waals surface area contributed by atoms with Gasteiger partial charge in [-0.05, 0) is 70.6 Å². The van der Waals surface area contributed by atoms with Gasteiger partial charge >= 0.3 is 11.9 Å². The molecule has 1 fully saturated rings. The van der Waals surface area contributed by atoms with Gasteiger partial charge in [0.1, 0.15) is 23.7 Å². The van der Waals surface area contributed by atoms with E-state index in [-0.39, 0.29) is 17.8 Å². The summed E-state index contributed by atoms with van der Waals surface area (Å²) in [5, 5.41) is 7.90. The minimum absolute atomic E-state index is 0.294. The van der Waals surface area contributed by atoms with Crippen molar-refractivity contribution in [3.63, 3.8) is 0 Å². The topological polar surface area (TPSA) is 165 Å². The maximum atomic E-state index is 13.9. The summed E-state index contributed by atoms with van der Waals surface area (Å²) in [6, 6.07) is 7.59. The molecule has 1 aromatic heterocycles. The van der Waals surface area contributed by atoms with Crippen molar-refractivity contribution in [2.24, 2.45) is 11.3 Å². The molecule has 2 aromatic rings. The van der Waals surface area contributed by atoms with E-state index in [9.17, 15) is 24.0 Å². The van der Waals surface area contributed by atoms with Crippen LogP contribution < -0.4 is 16.1 Å². The van der Waals surface area contributed by atoms with Crippen molar-refractivity contribution in [3.8, 4) is 0 Å². The fraction of sp³-hybridized carbons (Fsp3) is 0.556. The number of esters is 2. The third kappa shape index (κ3) is 10.1. The van der Waals surface area contributed by atoms with Crippen molar-refractivity contribution in [1.82, 2.24) is 26.1 Å². The first-order chi connectivity index (χ1) is 23.0. The van der Waals surface area contributed by atoms with Crippen LogP contribution in [0, 0.1) is 11.3 Å². The molecule has 13 nitrogen and oxygen atoms in total. The quantitative estimate of drug-likeness (QED) is 0.251. The minimum atomic E-state index is -1.06. The molecule has 268 valence electrons. The first-order valence-corrected chi connectivity index (χ1v) is 16.6. The monoisotopic (exact) mass is 681 g/mol. The summed E-state index contributed by atoms with van der Waals surface area (Å²) in [7, 11) is 2.85. The molecule has 3 N–H and O–H groups in total. The van der Waals surface area contributed by atoms with E-state index >= 15 is 0 Å². The summed E-state index contributed by atoms with van der Waals surface area (Å²) in [4.78, 5) is 69.1. The summed E-state index contributed by atoms with van der Waals surface area (Å²) < 4.78 is 15.5. The Morgan fingerprint density at radius 1 is 1.08 bits per heavy atom. The van der Waals surface area contributed by atoms with Gasteiger partial charge in [-0.3, -0.25) is 29.0 Å². The summed E-state index contributed by atoms with van der Waals surface area (Å²) in [6.07, 6.45) is 4.53. The molecule has 1 aromatic carbocycles. The molecule has 13 heteroatoms. The number of hydrogen-bond donors (Lipinski definition) is 3. The zero-order valence-corrected chi connectivity index (χ0v) is 30.0. The fourth-order valence-electron chi connectivity index (χ4n) is 5.63. The Morgan fingerprint density at radius 2 is 1.78 bits per heavy atom. The first-order valence-electron chi connectivity index (χ1n) is 16.6. The van der Waals surface area contributed by atoms with Gasteiger partial charge in [-0.15, -0.1) is 0 Å². The van der Waals surface area contributed by atoms with Crippen LogP contribution in [-0.4, -0.2) is 84.6 Å². The Morgan fingerprint density at radius 3 is 2.41 bits per heavy atom. The van der Waals surface area contributed by atoms with E-state index in [1.165, 1.54) is 19.0 Å². The average Bonchev–Trinajstić information content (AvgIpc) is 3.06. The van der Waals surface area contributed by atoms with Crippen molar-refractivity contribution >= 4 is 46.6 Å². The molecule has 49 heavy (non-hydrogen) atoms. The van der Waals surface area contributed by atoms with Gasteiger partial charge in [-0.2, -0.15) is 0 Å². The SMILES string of the molecule is COCCC(C)(/C=C/c1ccc2ccc([C@@H](C)OC(C)=O)nc2c1)C(=O)N[C@H](C(=O)N[C@@H](C)C(=O)N1CCCC(C)(C(=O)OC)N1)C(C)C. The second-order valence-corrected chi connectivity index (χ2v) is 13.4. The zero-order chi connectivity index (χ0) is 36.5. The van der Waals surface area contributed by atoms with Crippen LogP contribution >= 0.6 is 0 Å². The molecule has 1 saturated heterocycles. The highest BCUT2D eigenvalue weighted by molar-refractivity contribution is 5.94. The molecular weight excluding hydrogens is 630 g/mol. The molecule has 0 aliphatic carbocycles. The number of carbonyl (C=O) groups is 5. The van der Waals surface area contributed by atoms with Gasteiger partial charge in [0.2, 0.25) is 11.8 Å². The molecular formula is C36H51N5O8. The first kappa shape index (κ1) is 39.1. The van der Waals surface area contributed by atoms with Gasteiger partial charge < -0.3 is 24.8 Å². The lowest BCUT2D eigenvalue weighted by atomic mass is 9.84. The maximum absolute atomic E-state index is 13.9. The number of carbonyl (C=O) groups excluding carboxylic acids is 5. The number of methoxy groups -OCH3 is 2. The summed E-state index contributed by atoms with van der Waals surface area (Å²) in [6.45, 7) is 12.4. The van der Waals surface area contributed by atoms with E-state index in [1.54, 1.807) is 40.9 Å². The number of pyridine rings is 1. The number of nitrogens with zero attached hydrogens (tertiary/aromatic N) is 2. The predicted octanol–water partition coefficient (Wildman–Crippen LogP) is 3.62. The van der Waals surface area contributed by atoms with Crippen molar-refractivity contribution in [2.45, 2.75) is 91.5 Å². The third-order valence-electron chi connectivity index (χ3n) is 8.79. The molecule has 1 aliphatic heterocycles. The Labute approximate surface area is 288 Å². The Bertz CT molecular complexity index is 1560. The van der Waals surface area contributed by atoms with Crippen molar-refractivity contribution in [3.05, 3.63) is 47.7 Å². The number of hydrogen-bond acceptors (Lipinski definition) is 10. The number of benzene rings is 1. The molecule has 3 amide bonds. The van der Waals surface area contributed by atoms with Crippen LogP contribution in [0.5, 0.6) is 0 Å². The second-order valence-electron chi connectivity index (χ2n) is 13.4. The maximum Gasteiger partial charge on any atom is 0.327 e. The number of ether oxygens (including phenoxy) is 3. The lowest BCUT2D eigenvalue weighted by Gasteiger charge is -2.40. The molecule has 3 rings (SSSR count). The minimum Gasteiger partial charge on any atom is -0.468 e. The van der Waals surface area contributed by atoms with E-state index in [0.717, 1.165) is 10.9 Å². The smallest absolute Gasteiger partial charge is 0.327 e. The number of aromatic nitrogens is 1. The fourth-order valence-corrected chi connectivity index (χ4v) is 5.63. The van der Waals surface area contributed by atoms with Gasteiger partial charge in [0.25, 0.3) is 5.91 Å². The van der Waals surface area contributed by atoms with Gasteiger partial charge in [-0.1, -0.05) is 44.2 Å². The number of rotatable bonds is 14. The standard InChI is InChI=1S/C36H51N5O8/c1-22(2)30(31(43)37-23(3)32(44)41-19-10-16-36(7,40-41)34(46)48-9)39-33(45)35(6,18-20-47-8)17-15-26-11-12-27-13-14-28(38-29(27)21-26)24(4)49-25(5)42/h11-15,17,21-24,30,40H,10,16,18-20H2,1-9H3,(H,37,43)(H,39,45)/b17-15+/t23-,24+,30-,35?,36?/m0/s1. The van der Waals surface area contributed by atoms with Gasteiger partial charge in [0, 0.05) is 32.6 Å². The van der Waals surface area contributed by atoms with E-state index in [0.29, 0.717) is 43.6 Å². The van der Waals surface area contributed by atoms with Crippen LogP contribution in [0.2, 0.25) is 0 Å². The number of amides is 3. The van der Waals surface area contributed by atoms with Crippen LogP contribution in [0.15, 0.2) is 36.4 Å². The van der Waals surface area contributed by atoms with E-state index in [1.807, 2.05) is 50.3 Å². The molecule has 0 saturated carbocycles. The van der Waals surface area contributed by atoms with E-state index in [2.05, 4.69) is 21.0 Å². The molecule has 2 unspecified atom stereocenters. The van der Waals surface area contributed by atoms with E-state index < -0.39 is 46.9 Å². The molecule has 0 bridgehead atoms. The Hall–Kier alpha value is -4.36. The molecule has 0 radical (unpaired) electrons. The summed E-state index contributed by atoms with van der Waals surface area (Å²) in [5.74, 6) is -2.46. The van der Waals surface area contributed by atoms with Crippen LogP contribution in [0.3, 0.4) is 0 Å². The highest BCUT2D eigenvalue weighted by atomic mass is 16.5. The van der Waals surface area contributed by atoms with Crippen LogP contribution in [0.25, 0.3) is 17.0 Å². The second kappa shape index (κ2) is 16.8. The van der Waals surface area contributed by atoms with E-state index in [4.69, 9.17) is 14.2 Å². The van der Waals surface area contributed by atoms with Gasteiger partial charge in [-0.25, -0.2) is 10.4 Å². The van der Waals surface area contributed by atoms with Crippen molar-refractivity contribution < 1.29 is 38.2 Å². The predicted molar refractivity (Wildman–Crippen MR) is 184 cm³/mol. The largest absolute Gasteiger partial charge is 0.468 e. The average molecular weight is 682 g/mol. The highest BCUT2D eigenvalue weighted by Gasteiger charge is 2.41. The summed E-state index contributed by atoms with van der Waals surface area (Å²) in [5.41, 5.74) is 2.96. The normalized spacial score (nSPS) is 19.5. The lowest BCUT2D eigenvalue weighted by molar-refractivity contribution is -0.157. The van der Waals surface area contributed by atoms with Crippen molar-refractivity contribution in [1.29, 1.82) is 0 Å². The third-order valence-corrected chi connectivity index (χ3v) is 8.79. The van der Waals surface area contributed by atoms with Crippen molar-refractivity contribution in [2.75, 3.05) is 27.4 Å². The Balaban J connectivity index is 1.77. The number of fused-ring (bicyclic) bond motifs is 1. The van der Waals surface area contributed by atoms with Crippen LogP contribution in [-0.2, 0) is 38.2 Å². The molecule has 5 atom stereocenters. The number of nitrogens with one attached hydrogen (secondary N) is 3. The number of hydrazine groups is 1. The summed E-state index contributed by atoms with van der Waals surface area (Å²) >= 11 is 0. The zero-order valence-electron chi connectivity index (χ0n) is 30.0. The molecule has 1 aliphatic rings. The van der Waals surface area contributed by atoms with Gasteiger partial charge in [0.15, 0.2) is 0 Å². The molecule has 2 heterocycles. The molecule has 0 spiro atoms. The van der Waals surface area contributed by atoms with Crippen LogP contribution in [0.1, 0.15) is 85.1 Å². The lowest BCUT2D eigenvalue weighted by Crippen LogP contribution is -2.65. The highest BCUT2D eigenvalue weighted by Crippen LogP contribution is 2.28. The Kier molecular flexibility index (Phi) is 13.4.